The van der Waals surface area contributed by atoms with E-state index in [-0.39, 0.29) is 5.88 Å². The third-order valence-electron chi connectivity index (χ3n) is 2.30. The number of hydrogen-bond acceptors (Lipinski definition) is 3. The number of pyridine rings is 1. The Bertz CT molecular complexity index is 562. The SMILES string of the molecule is O=Cc1ccc(Oc2ccc(C(F)(F)F)cn2)cc1. The van der Waals surface area contributed by atoms with Crippen LogP contribution >= 0.6 is 0 Å². The number of carbonyl (C=O) groups is 1. The van der Waals surface area contributed by atoms with Gasteiger partial charge in [0, 0.05) is 17.8 Å². The lowest BCUT2D eigenvalue weighted by Gasteiger charge is -2.08. The highest BCUT2D eigenvalue weighted by atomic mass is 19.4. The molecule has 0 aliphatic carbocycles. The first-order chi connectivity index (χ1) is 8.99. The van der Waals surface area contributed by atoms with Gasteiger partial charge in [-0.25, -0.2) is 4.98 Å². The van der Waals surface area contributed by atoms with Crippen LogP contribution < -0.4 is 4.74 Å². The minimum atomic E-state index is -4.42. The van der Waals surface area contributed by atoms with Crippen LogP contribution in [0.25, 0.3) is 0 Å². The maximum absolute atomic E-state index is 12.3. The third-order valence-corrected chi connectivity index (χ3v) is 2.30. The lowest BCUT2D eigenvalue weighted by atomic mass is 10.2. The molecule has 1 aromatic heterocycles. The van der Waals surface area contributed by atoms with Gasteiger partial charge in [0.25, 0.3) is 0 Å². The first-order valence-electron chi connectivity index (χ1n) is 5.25. The fourth-order valence-corrected chi connectivity index (χ4v) is 1.34. The highest BCUT2D eigenvalue weighted by Gasteiger charge is 2.30. The molecule has 0 saturated heterocycles. The van der Waals surface area contributed by atoms with Gasteiger partial charge >= 0.3 is 6.18 Å². The second-order valence-electron chi connectivity index (χ2n) is 3.67. The summed E-state index contributed by atoms with van der Waals surface area (Å²) >= 11 is 0. The average molecular weight is 267 g/mol. The van der Waals surface area contributed by atoms with Crippen LogP contribution in [0.3, 0.4) is 0 Å². The van der Waals surface area contributed by atoms with Crippen LogP contribution in [0, 0.1) is 0 Å². The van der Waals surface area contributed by atoms with Gasteiger partial charge in [0.2, 0.25) is 5.88 Å². The Morgan fingerprint density at radius 2 is 1.74 bits per heavy atom. The zero-order valence-corrected chi connectivity index (χ0v) is 9.52. The van der Waals surface area contributed by atoms with Crippen molar-refractivity contribution in [3.05, 3.63) is 53.7 Å². The van der Waals surface area contributed by atoms with Crippen molar-refractivity contribution in [2.45, 2.75) is 6.18 Å². The summed E-state index contributed by atoms with van der Waals surface area (Å²) in [4.78, 5) is 14.0. The number of rotatable bonds is 3. The van der Waals surface area contributed by atoms with Crippen molar-refractivity contribution >= 4 is 6.29 Å². The lowest BCUT2D eigenvalue weighted by Crippen LogP contribution is -2.05. The molecule has 1 aromatic carbocycles. The van der Waals surface area contributed by atoms with Crippen molar-refractivity contribution in [3.8, 4) is 11.6 Å². The highest BCUT2D eigenvalue weighted by molar-refractivity contribution is 5.74. The standard InChI is InChI=1S/C13H8F3NO2/c14-13(15,16)10-3-6-12(17-7-10)19-11-4-1-9(8-18)2-5-11/h1-8H. The van der Waals surface area contributed by atoms with Gasteiger partial charge in [0.1, 0.15) is 12.0 Å². The Morgan fingerprint density at radius 1 is 1.05 bits per heavy atom. The molecule has 0 aliphatic heterocycles. The zero-order chi connectivity index (χ0) is 13.9. The average Bonchev–Trinajstić information content (AvgIpc) is 2.39. The van der Waals surface area contributed by atoms with E-state index in [4.69, 9.17) is 4.74 Å². The first-order valence-corrected chi connectivity index (χ1v) is 5.25. The number of benzene rings is 1. The van der Waals surface area contributed by atoms with Crippen LogP contribution in [0.2, 0.25) is 0 Å². The number of aldehydes is 1. The normalized spacial score (nSPS) is 11.1. The molecule has 0 amide bonds. The molecule has 0 atom stereocenters. The molecule has 0 spiro atoms. The van der Waals surface area contributed by atoms with Gasteiger partial charge in [0.15, 0.2) is 0 Å². The van der Waals surface area contributed by atoms with Gasteiger partial charge in [-0.2, -0.15) is 13.2 Å². The van der Waals surface area contributed by atoms with Gasteiger partial charge in [-0.3, -0.25) is 4.79 Å². The molecular formula is C13H8F3NO2. The van der Waals surface area contributed by atoms with E-state index < -0.39 is 11.7 Å². The predicted octanol–water partition coefficient (Wildman–Crippen LogP) is 3.71. The summed E-state index contributed by atoms with van der Waals surface area (Å²) in [6.45, 7) is 0. The Morgan fingerprint density at radius 3 is 2.21 bits per heavy atom. The van der Waals surface area contributed by atoms with Crippen LogP contribution in [-0.4, -0.2) is 11.3 Å². The molecule has 6 heteroatoms. The molecule has 0 aliphatic rings. The number of ether oxygens (including phenoxy) is 1. The summed E-state index contributed by atoms with van der Waals surface area (Å²) in [6, 6.07) is 8.16. The number of hydrogen-bond donors (Lipinski definition) is 0. The second-order valence-corrected chi connectivity index (χ2v) is 3.67. The molecule has 3 nitrogen and oxygen atoms in total. The van der Waals surface area contributed by atoms with Crippen LogP contribution in [0.4, 0.5) is 13.2 Å². The molecule has 0 fully saturated rings. The second kappa shape index (κ2) is 5.09. The maximum atomic E-state index is 12.3. The van der Waals surface area contributed by atoms with E-state index in [9.17, 15) is 18.0 Å². The number of aromatic nitrogens is 1. The summed E-state index contributed by atoms with van der Waals surface area (Å²) < 4.78 is 42.2. The Balaban J connectivity index is 2.12. The van der Waals surface area contributed by atoms with Gasteiger partial charge in [-0.15, -0.1) is 0 Å². The quantitative estimate of drug-likeness (QED) is 0.796. The summed E-state index contributed by atoms with van der Waals surface area (Å²) in [6.07, 6.45) is -3.04. The van der Waals surface area contributed by atoms with E-state index in [2.05, 4.69) is 4.98 Å². The summed E-state index contributed by atoms with van der Waals surface area (Å²) in [7, 11) is 0. The molecule has 0 saturated carbocycles. The van der Waals surface area contributed by atoms with Gasteiger partial charge < -0.3 is 4.74 Å². The van der Waals surface area contributed by atoms with Crippen molar-refractivity contribution in [2.75, 3.05) is 0 Å². The van der Waals surface area contributed by atoms with Crippen LogP contribution in [0.5, 0.6) is 11.6 Å². The Hall–Kier alpha value is -2.37. The van der Waals surface area contributed by atoms with Gasteiger partial charge in [-0.05, 0) is 30.3 Å². The monoisotopic (exact) mass is 267 g/mol. The first kappa shape index (κ1) is 13.1. The number of carbonyl (C=O) groups excluding carboxylic acids is 1. The van der Waals surface area contributed by atoms with Crippen molar-refractivity contribution in [1.82, 2.24) is 4.98 Å². The zero-order valence-electron chi connectivity index (χ0n) is 9.52. The molecule has 0 radical (unpaired) electrons. The molecule has 2 aromatic rings. The lowest BCUT2D eigenvalue weighted by molar-refractivity contribution is -0.137. The topological polar surface area (TPSA) is 39.2 Å². The van der Waals surface area contributed by atoms with Crippen LogP contribution in [0.1, 0.15) is 15.9 Å². The summed E-state index contributed by atoms with van der Waals surface area (Å²) in [5.41, 5.74) is -0.358. The molecule has 0 bridgehead atoms. The largest absolute Gasteiger partial charge is 0.439 e. The van der Waals surface area contributed by atoms with E-state index in [0.717, 1.165) is 12.1 Å². The van der Waals surface area contributed by atoms with E-state index in [1.165, 1.54) is 24.3 Å². The molecular weight excluding hydrogens is 259 g/mol. The molecule has 19 heavy (non-hydrogen) atoms. The fourth-order valence-electron chi connectivity index (χ4n) is 1.34. The van der Waals surface area contributed by atoms with Crippen LogP contribution in [-0.2, 0) is 6.18 Å². The van der Waals surface area contributed by atoms with Crippen molar-refractivity contribution in [2.24, 2.45) is 0 Å². The van der Waals surface area contributed by atoms with Crippen molar-refractivity contribution in [3.63, 3.8) is 0 Å². The minimum Gasteiger partial charge on any atom is -0.439 e. The van der Waals surface area contributed by atoms with Crippen LogP contribution in [0.15, 0.2) is 42.6 Å². The summed E-state index contributed by atoms with van der Waals surface area (Å²) in [5, 5.41) is 0. The molecule has 2 rings (SSSR count). The van der Waals surface area contributed by atoms with Gasteiger partial charge in [0.05, 0.1) is 5.56 Å². The van der Waals surface area contributed by atoms with E-state index in [0.29, 0.717) is 23.8 Å². The Labute approximate surface area is 106 Å². The van der Waals surface area contributed by atoms with E-state index in [1.807, 2.05) is 0 Å². The predicted molar refractivity (Wildman–Crippen MR) is 61.1 cm³/mol. The van der Waals surface area contributed by atoms with Crippen molar-refractivity contribution < 1.29 is 22.7 Å². The fraction of sp³-hybridized carbons (Fsp3) is 0.0769. The molecule has 98 valence electrons. The molecule has 1 heterocycles. The summed E-state index contributed by atoms with van der Waals surface area (Å²) in [5.74, 6) is 0.435. The van der Waals surface area contributed by atoms with Gasteiger partial charge in [-0.1, -0.05) is 0 Å². The minimum absolute atomic E-state index is 0.0480. The number of halogens is 3. The number of nitrogens with zero attached hydrogens (tertiary/aromatic N) is 1. The van der Waals surface area contributed by atoms with E-state index in [1.54, 1.807) is 0 Å². The highest BCUT2D eigenvalue weighted by Crippen LogP contribution is 2.29. The molecule has 0 N–H and O–H groups in total. The third kappa shape index (κ3) is 3.31. The number of alkyl halides is 3. The van der Waals surface area contributed by atoms with Crippen molar-refractivity contribution in [1.29, 1.82) is 0 Å². The Kier molecular flexibility index (Phi) is 3.50. The molecule has 0 unspecified atom stereocenters. The smallest absolute Gasteiger partial charge is 0.417 e. The maximum Gasteiger partial charge on any atom is 0.417 e. The van der Waals surface area contributed by atoms with E-state index >= 15 is 0 Å².